The Labute approximate surface area is 115 Å². The lowest BCUT2D eigenvalue weighted by Crippen LogP contribution is -2.32. The monoisotopic (exact) mass is 263 g/mol. The second-order valence-corrected chi connectivity index (χ2v) is 5.16. The molecule has 1 atom stereocenters. The van der Waals surface area contributed by atoms with E-state index in [-0.39, 0.29) is 12.4 Å². The lowest BCUT2D eigenvalue weighted by atomic mass is 10.0. The Morgan fingerprint density at radius 2 is 2.00 bits per heavy atom. The Morgan fingerprint density at radius 1 is 1.32 bits per heavy atom. The van der Waals surface area contributed by atoms with Crippen LogP contribution in [0.15, 0.2) is 18.2 Å². The molecule has 0 aromatic heterocycles. The molecular weight excluding hydrogens is 241 g/mol. The van der Waals surface area contributed by atoms with Crippen LogP contribution in [0.5, 0.6) is 0 Å². The molecule has 1 aromatic carbocycles. The van der Waals surface area contributed by atoms with Crippen LogP contribution < -0.4 is 0 Å². The fraction of sp³-hybridized carbons (Fsp3) is 0.500. The molecule has 0 saturated carbocycles. The molecule has 0 aliphatic carbocycles. The number of hydrogen-bond donors (Lipinski definition) is 1. The molecule has 104 valence electrons. The summed E-state index contributed by atoms with van der Waals surface area (Å²) in [6, 6.07) is 5.07. The van der Waals surface area contributed by atoms with Gasteiger partial charge in [0.2, 0.25) is 0 Å². The first-order chi connectivity index (χ1) is 8.95. The number of halogens is 1. The van der Waals surface area contributed by atoms with Gasteiger partial charge in [-0.3, -0.25) is 4.90 Å². The standard InChI is InChI=1S/C16H22FNO/c1-12(2)13(3)18(4)11-15-7-8-16(17)10-14(15)6-5-9-19/h7-8,10,12-13,19H,9,11H2,1-4H3. The smallest absolute Gasteiger partial charge is 0.124 e. The van der Waals surface area contributed by atoms with Gasteiger partial charge in [0.05, 0.1) is 0 Å². The summed E-state index contributed by atoms with van der Waals surface area (Å²) in [5.41, 5.74) is 1.63. The van der Waals surface area contributed by atoms with Crippen LogP contribution in [0.25, 0.3) is 0 Å². The zero-order valence-electron chi connectivity index (χ0n) is 12.1. The fourth-order valence-electron chi connectivity index (χ4n) is 1.86. The maximum atomic E-state index is 13.3. The van der Waals surface area contributed by atoms with E-state index in [9.17, 15) is 4.39 Å². The molecule has 0 aliphatic heterocycles. The fourth-order valence-corrected chi connectivity index (χ4v) is 1.86. The van der Waals surface area contributed by atoms with E-state index in [1.807, 2.05) is 0 Å². The maximum absolute atomic E-state index is 13.3. The van der Waals surface area contributed by atoms with Gasteiger partial charge in [0.15, 0.2) is 0 Å². The molecule has 0 amide bonds. The highest BCUT2D eigenvalue weighted by molar-refractivity contribution is 5.41. The van der Waals surface area contributed by atoms with Crippen molar-refractivity contribution in [3.8, 4) is 11.8 Å². The summed E-state index contributed by atoms with van der Waals surface area (Å²) in [7, 11) is 2.05. The van der Waals surface area contributed by atoms with Crippen molar-refractivity contribution in [3.63, 3.8) is 0 Å². The molecule has 0 bridgehead atoms. The van der Waals surface area contributed by atoms with Crippen LogP contribution in [0.4, 0.5) is 4.39 Å². The van der Waals surface area contributed by atoms with Crippen molar-refractivity contribution >= 4 is 0 Å². The SMILES string of the molecule is CC(C)C(C)N(C)Cc1ccc(F)cc1C#CCO. The van der Waals surface area contributed by atoms with Crippen LogP contribution in [0, 0.1) is 23.6 Å². The van der Waals surface area contributed by atoms with E-state index in [4.69, 9.17) is 5.11 Å². The summed E-state index contributed by atoms with van der Waals surface area (Å²) >= 11 is 0. The van der Waals surface area contributed by atoms with E-state index in [2.05, 4.69) is 44.6 Å². The highest BCUT2D eigenvalue weighted by Gasteiger charge is 2.14. The molecule has 0 aliphatic rings. The predicted molar refractivity (Wildman–Crippen MR) is 76.1 cm³/mol. The van der Waals surface area contributed by atoms with Gasteiger partial charge in [-0.2, -0.15) is 0 Å². The number of rotatable bonds is 4. The zero-order chi connectivity index (χ0) is 14.4. The van der Waals surface area contributed by atoms with Crippen molar-refractivity contribution < 1.29 is 9.50 Å². The third-order valence-corrected chi connectivity index (χ3v) is 3.45. The zero-order valence-corrected chi connectivity index (χ0v) is 12.1. The molecule has 0 spiro atoms. The Balaban J connectivity index is 2.94. The molecule has 0 heterocycles. The largest absolute Gasteiger partial charge is 0.384 e. The minimum atomic E-state index is -0.300. The van der Waals surface area contributed by atoms with Gasteiger partial charge in [0.25, 0.3) is 0 Å². The van der Waals surface area contributed by atoms with Gasteiger partial charge in [-0.15, -0.1) is 0 Å². The summed E-state index contributed by atoms with van der Waals surface area (Å²) in [6.07, 6.45) is 0. The number of nitrogens with zero attached hydrogens (tertiary/aromatic N) is 1. The molecule has 1 aromatic rings. The van der Waals surface area contributed by atoms with Crippen molar-refractivity contribution in [2.45, 2.75) is 33.4 Å². The summed E-state index contributed by atoms with van der Waals surface area (Å²) in [5, 5.41) is 8.75. The topological polar surface area (TPSA) is 23.5 Å². The Kier molecular flexibility index (Phi) is 6.01. The van der Waals surface area contributed by atoms with Gasteiger partial charge >= 0.3 is 0 Å². The molecule has 1 rings (SSSR count). The summed E-state index contributed by atoms with van der Waals surface area (Å²) in [6.45, 7) is 7.03. The molecule has 1 unspecified atom stereocenters. The lowest BCUT2D eigenvalue weighted by Gasteiger charge is -2.28. The predicted octanol–water partition coefficient (Wildman–Crippen LogP) is 2.65. The van der Waals surface area contributed by atoms with Crippen molar-refractivity contribution in [2.24, 2.45) is 5.92 Å². The summed E-state index contributed by atoms with van der Waals surface area (Å²) < 4.78 is 13.3. The summed E-state index contributed by atoms with van der Waals surface area (Å²) in [5.74, 6) is 5.64. The van der Waals surface area contributed by atoms with Gasteiger partial charge < -0.3 is 5.11 Å². The highest BCUT2D eigenvalue weighted by atomic mass is 19.1. The number of aliphatic hydroxyl groups is 1. The maximum Gasteiger partial charge on any atom is 0.124 e. The molecular formula is C16H22FNO. The van der Waals surface area contributed by atoms with Gasteiger partial charge in [0, 0.05) is 18.2 Å². The van der Waals surface area contributed by atoms with E-state index in [1.54, 1.807) is 6.07 Å². The molecule has 2 nitrogen and oxygen atoms in total. The van der Waals surface area contributed by atoms with Gasteiger partial charge in [-0.25, -0.2) is 4.39 Å². The van der Waals surface area contributed by atoms with Gasteiger partial charge in [-0.1, -0.05) is 31.8 Å². The van der Waals surface area contributed by atoms with E-state index in [1.165, 1.54) is 12.1 Å². The van der Waals surface area contributed by atoms with Crippen LogP contribution in [0.3, 0.4) is 0 Å². The van der Waals surface area contributed by atoms with Gasteiger partial charge in [0.1, 0.15) is 12.4 Å². The minimum absolute atomic E-state index is 0.214. The minimum Gasteiger partial charge on any atom is -0.384 e. The van der Waals surface area contributed by atoms with E-state index in [0.29, 0.717) is 17.5 Å². The first-order valence-corrected chi connectivity index (χ1v) is 6.54. The molecule has 1 N–H and O–H groups in total. The number of benzene rings is 1. The van der Waals surface area contributed by atoms with Crippen molar-refractivity contribution in [1.82, 2.24) is 4.90 Å². The van der Waals surface area contributed by atoms with Crippen LogP contribution >= 0.6 is 0 Å². The second kappa shape index (κ2) is 7.28. The highest BCUT2D eigenvalue weighted by Crippen LogP contribution is 2.16. The van der Waals surface area contributed by atoms with E-state index in [0.717, 1.165) is 12.1 Å². The molecule has 0 saturated heterocycles. The van der Waals surface area contributed by atoms with Crippen molar-refractivity contribution in [2.75, 3.05) is 13.7 Å². The third-order valence-electron chi connectivity index (χ3n) is 3.45. The van der Waals surface area contributed by atoms with Crippen molar-refractivity contribution in [1.29, 1.82) is 0 Å². The van der Waals surface area contributed by atoms with E-state index < -0.39 is 0 Å². The summed E-state index contributed by atoms with van der Waals surface area (Å²) in [4.78, 5) is 2.22. The molecule has 0 fully saturated rings. The first kappa shape index (κ1) is 15.7. The normalized spacial score (nSPS) is 12.4. The van der Waals surface area contributed by atoms with E-state index >= 15 is 0 Å². The van der Waals surface area contributed by atoms with Crippen LogP contribution in [-0.4, -0.2) is 29.7 Å². The lowest BCUT2D eigenvalue weighted by molar-refractivity contribution is 0.200. The Bertz CT molecular complexity index is 473. The second-order valence-electron chi connectivity index (χ2n) is 5.16. The van der Waals surface area contributed by atoms with Crippen LogP contribution in [0.2, 0.25) is 0 Å². The van der Waals surface area contributed by atoms with Crippen LogP contribution in [-0.2, 0) is 6.54 Å². The third kappa shape index (κ3) is 4.66. The molecule has 3 heteroatoms. The number of hydrogen-bond acceptors (Lipinski definition) is 2. The van der Waals surface area contributed by atoms with Crippen LogP contribution in [0.1, 0.15) is 31.9 Å². The van der Waals surface area contributed by atoms with Crippen molar-refractivity contribution in [3.05, 3.63) is 35.1 Å². The average molecular weight is 263 g/mol. The van der Waals surface area contributed by atoms with Gasteiger partial charge in [-0.05, 0) is 37.6 Å². The Hall–Kier alpha value is -1.37. The quantitative estimate of drug-likeness (QED) is 0.844. The average Bonchev–Trinajstić information content (AvgIpc) is 2.37. The Morgan fingerprint density at radius 3 is 2.58 bits per heavy atom. The molecule has 0 radical (unpaired) electrons. The first-order valence-electron chi connectivity index (χ1n) is 6.54. The number of aliphatic hydroxyl groups excluding tert-OH is 1. The molecule has 19 heavy (non-hydrogen) atoms.